The normalized spacial score (nSPS) is 14.6. The Morgan fingerprint density at radius 3 is 2.68 bits per heavy atom. The van der Waals surface area contributed by atoms with Crippen molar-refractivity contribution >= 4 is 32.6 Å². The van der Waals surface area contributed by atoms with Crippen molar-refractivity contribution in [3.8, 4) is 5.75 Å². The summed E-state index contributed by atoms with van der Waals surface area (Å²) < 4.78 is 11.8. The van der Waals surface area contributed by atoms with Crippen molar-refractivity contribution in [2.75, 3.05) is 51.4 Å². The summed E-state index contributed by atoms with van der Waals surface area (Å²) in [4.78, 5) is 22.6. The van der Waals surface area contributed by atoms with E-state index in [0.29, 0.717) is 12.1 Å². The van der Waals surface area contributed by atoms with Crippen LogP contribution in [0.1, 0.15) is 29.3 Å². The van der Waals surface area contributed by atoms with Gasteiger partial charge in [0.25, 0.3) is 5.91 Å². The maximum absolute atomic E-state index is 13.5. The summed E-state index contributed by atoms with van der Waals surface area (Å²) in [5.74, 6) is 0.713. The SMILES string of the molecule is CCc1cccc2sc(N(CCCN3CCOCC3)C(=O)c3ccc(OC)cc3)nc12. The van der Waals surface area contributed by atoms with Gasteiger partial charge in [0.1, 0.15) is 5.75 Å². The molecular weight excluding hydrogens is 410 g/mol. The fraction of sp³-hybridized carbons (Fsp3) is 0.417. The third kappa shape index (κ3) is 5.06. The lowest BCUT2D eigenvalue weighted by molar-refractivity contribution is 0.0376. The second kappa shape index (κ2) is 10.2. The Bertz CT molecular complexity index is 1010. The summed E-state index contributed by atoms with van der Waals surface area (Å²) in [5, 5.41) is 0.763. The molecule has 0 aliphatic carbocycles. The standard InChI is InChI=1S/C24H29N3O3S/c1-3-18-6-4-7-21-22(18)25-24(31-21)27(13-5-12-26-14-16-30-17-15-26)23(28)19-8-10-20(29-2)11-9-19/h4,6-11H,3,5,12-17H2,1-2H3. The Labute approximate surface area is 187 Å². The number of benzene rings is 2. The van der Waals surface area contributed by atoms with E-state index in [0.717, 1.165) is 66.8 Å². The molecule has 0 radical (unpaired) electrons. The van der Waals surface area contributed by atoms with E-state index in [2.05, 4.69) is 30.0 Å². The fourth-order valence-electron chi connectivity index (χ4n) is 3.85. The second-order valence-electron chi connectivity index (χ2n) is 7.61. The molecule has 1 fully saturated rings. The third-order valence-corrected chi connectivity index (χ3v) is 6.69. The van der Waals surface area contributed by atoms with E-state index in [4.69, 9.17) is 14.5 Å². The first-order chi connectivity index (χ1) is 15.2. The quantitative estimate of drug-likeness (QED) is 0.526. The van der Waals surface area contributed by atoms with Gasteiger partial charge in [-0.15, -0.1) is 0 Å². The molecule has 1 amide bonds. The van der Waals surface area contributed by atoms with Crippen LogP contribution in [0.5, 0.6) is 5.75 Å². The van der Waals surface area contributed by atoms with E-state index < -0.39 is 0 Å². The Hall–Kier alpha value is -2.48. The van der Waals surface area contributed by atoms with Crippen LogP contribution in [-0.4, -0.2) is 62.3 Å². The number of methoxy groups -OCH3 is 1. The van der Waals surface area contributed by atoms with Gasteiger partial charge in [-0.25, -0.2) is 4.98 Å². The molecular formula is C24H29N3O3S. The smallest absolute Gasteiger partial charge is 0.260 e. The first kappa shape index (κ1) is 21.7. The van der Waals surface area contributed by atoms with E-state index in [9.17, 15) is 4.79 Å². The lowest BCUT2D eigenvalue weighted by Gasteiger charge is -2.27. The summed E-state index contributed by atoms with van der Waals surface area (Å²) in [5.41, 5.74) is 2.86. The minimum atomic E-state index is -0.0262. The van der Waals surface area contributed by atoms with Crippen LogP contribution >= 0.6 is 11.3 Å². The van der Waals surface area contributed by atoms with Crippen molar-refractivity contribution in [2.24, 2.45) is 0 Å². The molecule has 0 spiro atoms. The molecule has 7 heteroatoms. The number of morpholine rings is 1. The fourth-order valence-corrected chi connectivity index (χ4v) is 4.88. The molecule has 164 valence electrons. The predicted molar refractivity (Wildman–Crippen MR) is 126 cm³/mol. The minimum Gasteiger partial charge on any atom is -0.497 e. The zero-order valence-corrected chi connectivity index (χ0v) is 19.0. The Morgan fingerprint density at radius 2 is 1.97 bits per heavy atom. The van der Waals surface area contributed by atoms with Crippen LogP contribution in [-0.2, 0) is 11.2 Å². The Kier molecular flexibility index (Phi) is 7.17. The van der Waals surface area contributed by atoms with Crippen molar-refractivity contribution in [1.29, 1.82) is 0 Å². The highest BCUT2D eigenvalue weighted by atomic mass is 32.1. The highest BCUT2D eigenvalue weighted by Gasteiger charge is 2.22. The molecule has 2 heterocycles. The molecule has 0 N–H and O–H groups in total. The number of hydrogen-bond acceptors (Lipinski definition) is 6. The Balaban J connectivity index is 1.58. The van der Waals surface area contributed by atoms with Crippen LogP contribution in [0.25, 0.3) is 10.2 Å². The number of ether oxygens (including phenoxy) is 2. The summed E-state index contributed by atoms with van der Waals surface area (Å²) in [6.07, 6.45) is 1.81. The minimum absolute atomic E-state index is 0.0262. The van der Waals surface area contributed by atoms with Gasteiger partial charge in [0, 0.05) is 31.7 Å². The van der Waals surface area contributed by atoms with E-state index in [1.54, 1.807) is 18.4 Å². The van der Waals surface area contributed by atoms with Crippen molar-refractivity contribution < 1.29 is 14.3 Å². The first-order valence-corrected chi connectivity index (χ1v) is 11.7. The number of para-hydroxylation sites is 1. The number of aryl methyl sites for hydroxylation is 1. The van der Waals surface area contributed by atoms with Crippen LogP contribution < -0.4 is 9.64 Å². The zero-order valence-electron chi connectivity index (χ0n) is 18.2. The van der Waals surface area contributed by atoms with Crippen LogP contribution in [0.15, 0.2) is 42.5 Å². The largest absolute Gasteiger partial charge is 0.497 e. The van der Waals surface area contributed by atoms with Crippen molar-refractivity contribution in [1.82, 2.24) is 9.88 Å². The number of carbonyl (C=O) groups is 1. The van der Waals surface area contributed by atoms with Gasteiger partial charge >= 0.3 is 0 Å². The van der Waals surface area contributed by atoms with E-state index in [-0.39, 0.29) is 5.91 Å². The molecule has 0 bridgehead atoms. The molecule has 0 unspecified atom stereocenters. The third-order valence-electron chi connectivity index (χ3n) is 5.64. The topological polar surface area (TPSA) is 54.9 Å². The van der Waals surface area contributed by atoms with E-state index >= 15 is 0 Å². The molecule has 3 aromatic rings. The summed E-state index contributed by atoms with van der Waals surface area (Å²) in [6.45, 7) is 7.18. The molecule has 1 saturated heterocycles. The van der Waals surface area contributed by atoms with E-state index in [1.165, 1.54) is 5.56 Å². The van der Waals surface area contributed by atoms with Crippen LogP contribution in [0.4, 0.5) is 5.13 Å². The monoisotopic (exact) mass is 439 g/mol. The number of thiazole rings is 1. The van der Waals surface area contributed by atoms with Gasteiger partial charge in [0.2, 0.25) is 0 Å². The van der Waals surface area contributed by atoms with Crippen molar-refractivity contribution in [3.05, 3.63) is 53.6 Å². The van der Waals surface area contributed by atoms with Gasteiger partial charge in [-0.1, -0.05) is 30.4 Å². The molecule has 0 atom stereocenters. The molecule has 6 nitrogen and oxygen atoms in total. The number of aromatic nitrogens is 1. The van der Waals surface area contributed by atoms with Gasteiger partial charge in [0.05, 0.1) is 30.5 Å². The number of nitrogens with zero attached hydrogens (tertiary/aromatic N) is 3. The van der Waals surface area contributed by atoms with Gasteiger partial charge in [-0.3, -0.25) is 14.6 Å². The van der Waals surface area contributed by atoms with Gasteiger partial charge in [-0.05, 0) is 48.7 Å². The number of carbonyl (C=O) groups excluding carboxylic acids is 1. The summed E-state index contributed by atoms with van der Waals surface area (Å²) in [6, 6.07) is 13.6. The number of rotatable bonds is 8. The van der Waals surface area contributed by atoms with Crippen molar-refractivity contribution in [2.45, 2.75) is 19.8 Å². The average Bonchev–Trinajstić information content (AvgIpc) is 3.26. The first-order valence-electron chi connectivity index (χ1n) is 10.8. The molecule has 2 aromatic carbocycles. The zero-order chi connectivity index (χ0) is 21.6. The highest BCUT2D eigenvalue weighted by molar-refractivity contribution is 7.22. The van der Waals surface area contributed by atoms with Gasteiger partial charge in [0.15, 0.2) is 5.13 Å². The second-order valence-corrected chi connectivity index (χ2v) is 8.62. The molecule has 4 rings (SSSR count). The van der Waals surface area contributed by atoms with Gasteiger partial charge in [-0.2, -0.15) is 0 Å². The van der Waals surface area contributed by atoms with Crippen LogP contribution in [0.2, 0.25) is 0 Å². The molecule has 1 aliphatic heterocycles. The Morgan fingerprint density at radius 1 is 1.19 bits per heavy atom. The lowest BCUT2D eigenvalue weighted by atomic mass is 10.1. The highest BCUT2D eigenvalue weighted by Crippen LogP contribution is 2.32. The van der Waals surface area contributed by atoms with Crippen molar-refractivity contribution in [3.63, 3.8) is 0 Å². The average molecular weight is 440 g/mol. The predicted octanol–water partition coefficient (Wildman–Crippen LogP) is 4.24. The number of fused-ring (bicyclic) bond motifs is 1. The van der Waals surface area contributed by atoms with E-state index in [1.807, 2.05) is 29.2 Å². The number of hydrogen-bond donors (Lipinski definition) is 0. The maximum atomic E-state index is 13.5. The van der Waals surface area contributed by atoms with Crippen LogP contribution in [0.3, 0.4) is 0 Å². The summed E-state index contributed by atoms with van der Waals surface area (Å²) >= 11 is 1.59. The van der Waals surface area contributed by atoms with Crippen LogP contribution in [0, 0.1) is 0 Å². The lowest BCUT2D eigenvalue weighted by Crippen LogP contribution is -2.39. The molecule has 1 aromatic heterocycles. The number of amides is 1. The molecule has 0 saturated carbocycles. The number of anilines is 1. The summed E-state index contributed by atoms with van der Waals surface area (Å²) in [7, 11) is 1.63. The van der Waals surface area contributed by atoms with Gasteiger partial charge < -0.3 is 9.47 Å². The molecule has 31 heavy (non-hydrogen) atoms. The maximum Gasteiger partial charge on any atom is 0.260 e. The molecule has 1 aliphatic rings.